The molecular formula is C22H23NO3S2. The molecule has 0 bridgehead atoms. The number of fused-ring (bicyclic) bond motifs is 1. The predicted molar refractivity (Wildman–Crippen MR) is 115 cm³/mol. The lowest BCUT2D eigenvalue weighted by atomic mass is 10.1. The molecule has 4 nitrogen and oxygen atoms in total. The van der Waals surface area contributed by atoms with E-state index in [4.69, 9.17) is 4.74 Å². The van der Waals surface area contributed by atoms with Crippen LogP contribution in [0.5, 0.6) is 5.75 Å². The Morgan fingerprint density at radius 3 is 2.54 bits per heavy atom. The Labute approximate surface area is 170 Å². The summed E-state index contributed by atoms with van der Waals surface area (Å²) >= 11 is 1.82. The lowest BCUT2D eigenvalue weighted by Crippen LogP contribution is -2.29. The number of thioether (sulfide) groups is 1. The smallest absolute Gasteiger partial charge is 0.243 e. The number of nitrogens with zero attached hydrogens (tertiary/aromatic N) is 1. The van der Waals surface area contributed by atoms with Gasteiger partial charge in [0.15, 0.2) is 0 Å². The summed E-state index contributed by atoms with van der Waals surface area (Å²) in [6.45, 7) is 1.14. The van der Waals surface area contributed by atoms with Crippen molar-refractivity contribution in [1.29, 1.82) is 0 Å². The number of rotatable bonds is 6. The van der Waals surface area contributed by atoms with Crippen LogP contribution in [0.3, 0.4) is 0 Å². The molecule has 1 aliphatic heterocycles. The molecule has 146 valence electrons. The Morgan fingerprint density at radius 2 is 1.79 bits per heavy atom. The minimum atomic E-state index is -3.45. The Morgan fingerprint density at radius 1 is 1.04 bits per heavy atom. The van der Waals surface area contributed by atoms with Gasteiger partial charge in [0, 0.05) is 24.1 Å². The second-order valence-electron chi connectivity index (χ2n) is 6.94. The fourth-order valence-electron chi connectivity index (χ4n) is 3.46. The van der Waals surface area contributed by atoms with Crippen LogP contribution in [0.15, 0.2) is 71.6 Å². The van der Waals surface area contributed by atoms with E-state index in [1.807, 2.05) is 54.2 Å². The monoisotopic (exact) mass is 413 g/mol. The molecule has 0 saturated carbocycles. The highest BCUT2D eigenvalue weighted by molar-refractivity contribution is 7.99. The summed E-state index contributed by atoms with van der Waals surface area (Å²) in [6.07, 6.45) is 0.883. The standard InChI is InChI=1S/C22H23NO3S2/c1-26-20-9-6-17(7-10-20)16-27-21-12-13-23(15-21)28(24,25)22-11-8-18-4-2-3-5-19(18)14-22/h2-11,14,21H,12-13,15-16H2,1H3. The summed E-state index contributed by atoms with van der Waals surface area (Å²) in [5, 5.41) is 2.32. The first kappa shape index (κ1) is 19.3. The average Bonchev–Trinajstić information content (AvgIpc) is 3.22. The molecule has 3 aromatic carbocycles. The van der Waals surface area contributed by atoms with Crippen LogP contribution < -0.4 is 4.74 Å². The van der Waals surface area contributed by atoms with Gasteiger partial charge in [0.25, 0.3) is 0 Å². The van der Waals surface area contributed by atoms with Gasteiger partial charge in [-0.05, 0) is 47.0 Å². The summed E-state index contributed by atoms with van der Waals surface area (Å²) in [6, 6.07) is 21.3. The summed E-state index contributed by atoms with van der Waals surface area (Å²) in [4.78, 5) is 0.381. The topological polar surface area (TPSA) is 46.6 Å². The molecule has 1 saturated heterocycles. The molecule has 0 radical (unpaired) electrons. The fourth-order valence-corrected chi connectivity index (χ4v) is 6.27. The van der Waals surface area contributed by atoms with Crippen LogP contribution >= 0.6 is 11.8 Å². The van der Waals surface area contributed by atoms with Crippen LogP contribution in [0.1, 0.15) is 12.0 Å². The van der Waals surface area contributed by atoms with Crippen LogP contribution in [-0.4, -0.2) is 38.2 Å². The van der Waals surface area contributed by atoms with Crippen molar-refractivity contribution in [2.75, 3.05) is 20.2 Å². The molecule has 0 aromatic heterocycles. The van der Waals surface area contributed by atoms with Gasteiger partial charge >= 0.3 is 0 Å². The van der Waals surface area contributed by atoms with Crippen molar-refractivity contribution in [2.24, 2.45) is 0 Å². The van der Waals surface area contributed by atoms with Gasteiger partial charge in [0.05, 0.1) is 12.0 Å². The third kappa shape index (κ3) is 4.04. The number of methoxy groups -OCH3 is 1. The van der Waals surface area contributed by atoms with Gasteiger partial charge in [-0.15, -0.1) is 0 Å². The van der Waals surface area contributed by atoms with Crippen LogP contribution in [0.25, 0.3) is 10.8 Å². The lowest BCUT2D eigenvalue weighted by molar-refractivity contribution is 0.414. The molecule has 0 N–H and O–H groups in total. The second-order valence-corrected chi connectivity index (χ2v) is 10.2. The zero-order chi connectivity index (χ0) is 19.6. The quantitative estimate of drug-likeness (QED) is 0.595. The third-order valence-corrected chi connectivity index (χ3v) is 8.33. The van der Waals surface area contributed by atoms with Crippen molar-refractivity contribution >= 4 is 32.6 Å². The Balaban J connectivity index is 1.41. The van der Waals surface area contributed by atoms with Crippen molar-refractivity contribution < 1.29 is 13.2 Å². The molecule has 4 rings (SSSR count). The van der Waals surface area contributed by atoms with E-state index in [0.717, 1.165) is 28.7 Å². The molecular weight excluding hydrogens is 390 g/mol. The number of hydrogen-bond acceptors (Lipinski definition) is 4. The predicted octanol–water partition coefficient (Wildman–Crippen LogP) is 4.54. The van der Waals surface area contributed by atoms with E-state index in [9.17, 15) is 8.42 Å². The van der Waals surface area contributed by atoms with Crippen LogP contribution in [-0.2, 0) is 15.8 Å². The summed E-state index contributed by atoms with van der Waals surface area (Å²) in [7, 11) is -1.79. The maximum atomic E-state index is 13.1. The zero-order valence-electron chi connectivity index (χ0n) is 15.7. The molecule has 1 fully saturated rings. The SMILES string of the molecule is COc1ccc(CSC2CCN(S(=O)(=O)c3ccc4ccccc4c3)C2)cc1. The van der Waals surface area contributed by atoms with Gasteiger partial charge in [0.1, 0.15) is 5.75 Å². The number of benzene rings is 3. The van der Waals surface area contributed by atoms with E-state index >= 15 is 0 Å². The van der Waals surface area contributed by atoms with E-state index in [2.05, 4.69) is 12.1 Å². The van der Waals surface area contributed by atoms with E-state index in [1.54, 1.807) is 23.5 Å². The second kappa shape index (κ2) is 8.15. The molecule has 3 aromatic rings. The first-order chi connectivity index (χ1) is 13.6. The maximum absolute atomic E-state index is 13.1. The molecule has 0 amide bonds. The molecule has 1 heterocycles. The molecule has 28 heavy (non-hydrogen) atoms. The lowest BCUT2D eigenvalue weighted by Gasteiger charge is -2.17. The van der Waals surface area contributed by atoms with Crippen LogP contribution in [0, 0.1) is 0 Å². The number of hydrogen-bond donors (Lipinski definition) is 0. The van der Waals surface area contributed by atoms with E-state index in [1.165, 1.54) is 5.56 Å². The highest BCUT2D eigenvalue weighted by Gasteiger charge is 2.32. The normalized spacial score (nSPS) is 17.8. The summed E-state index contributed by atoms with van der Waals surface area (Å²) in [5.74, 6) is 1.72. The Bertz CT molecular complexity index is 1060. The highest BCUT2D eigenvalue weighted by Crippen LogP contribution is 2.31. The molecule has 1 unspecified atom stereocenters. The Kier molecular flexibility index (Phi) is 5.62. The third-order valence-electron chi connectivity index (χ3n) is 5.11. The minimum Gasteiger partial charge on any atom is -0.497 e. The van der Waals surface area contributed by atoms with Crippen molar-refractivity contribution in [3.05, 3.63) is 72.3 Å². The van der Waals surface area contributed by atoms with Gasteiger partial charge in [0.2, 0.25) is 10.0 Å². The zero-order valence-corrected chi connectivity index (χ0v) is 17.4. The largest absolute Gasteiger partial charge is 0.497 e. The van der Waals surface area contributed by atoms with Gasteiger partial charge in [-0.2, -0.15) is 16.1 Å². The Hall–Kier alpha value is -2.02. The van der Waals surface area contributed by atoms with Crippen molar-refractivity contribution in [3.8, 4) is 5.75 Å². The molecule has 6 heteroatoms. The summed E-state index contributed by atoms with van der Waals surface area (Å²) < 4.78 is 33.0. The maximum Gasteiger partial charge on any atom is 0.243 e. The van der Waals surface area contributed by atoms with E-state index in [-0.39, 0.29) is 0 Å². The fraction of sp³-hybridized carbons (Fsp3) is 0.273. The minimum absolute atomic E-state index is 0.317. The van der Waals surface area contributed by atoms with E-state index in [0.29, 0.717) is 23.2 Å². The van der Waals surface area contributed by atoms with Gasteiger partial charge < -0.3 is 4.74 Å². The van der Waals surface area contributed by atoms with Crippen LogP contribution in [0.4, 0.5) is 0 Å². The number of ether oxygens (including phenoxy) is 1. The summed E-state index contributed by atoms with van der Waals surface area (Å²) in [5.41, 5.74) is 1.22. The molecule has 0 aliphatic carbocycles. The van der Waals surface area contributed by atoms with Crippen LogP contribution in [0.2, 0.25) is 0 Å². The molecule has 1 aliphatic rings. The highest BCUT2D eigenvalue weighted by atomic mass is 32.2. The van der Waals surface area contributed by atoms with Crippen molar-refractivity contribution in [1.82, 2.24) is 4.31 Å². The van der Waals surface area contributed by atoms with Gasteiger partial charge in [-0.25, -0.2) is 8.42 Å². The number of sulfonamides is 1. The van der Waals surface area contributed by atoms with Crippen molar-refractivity contribution in [3.63, 3.8) is 0 Å². The molecule has 1 atom stereocenters. The first-order valence-electron chi connectivity index (χ1n) is 9.30. The first-order valence-corrected chi connectivity index (χ1v) is 11.8. The van der Waals surface area contributed by atoms with E-state index < -0.39 is 10.0 Å². The average molecular weight is 414 g/mol. The van der Waals surface area contributed by atoms with Gasteiger partial charge in [-0.3, -0.25) is 0 Å². The molecule has 0 spiro atoms. The van der Waals surface area contributed by atoms with Crippen molar-refractivity contribution in [2.45, 2.75) is 22.3 Å². The van der Waals surface area contributed by atoms with Gasteiger partial charge in [-0.1, -0.05) is 42.5 Å².